The number of anilines is 1. The van der Waals surface area contributed by atoms with Gasteiger partial charge in [0, 0.05) is 18.2 Å². The molecule has 6 nitrogen and oxygen atoms in total. The third-order valence-electron chi connectivity index (χ3n) is 3.02. The van der Waals surface area contributed by atoms with E-state index >= 15 is 0 Å². The van der Waals surface area contributed by atoms with Crippen LogP contribution in [0.4, 0.5) is 5.69 Å². The Bertz CT molecular complexity index is 689. The fourth-order valence-electron chi connectivity index (χ4n) is 1.83. The molecule has 23 heavy (non-hydrogen) atoms. The van der Waals surface area contributed by atoms with Gasteiger partial charge in [0.05, 0.1) is 18.4 Å². The molecule has 2 N–H and O–H groups in total. The second kappa shape index (κ2) is 8.76. The van der Waals surface area contributed by atoms with Crippen LogP contribution in [0.25, 0.3) is 0 Å². The van der Waals surface area contributed by atoms with Crippen molar-refractivity contribution in [2.24, 2.45) is 0 Å². The van der Waals surface area contributed by atoms with E-state index in [1.807, 2.05) is 0 Å². The lowest BCUT2D eigenvalue weighted by Gasteiger charge is -2.10. The number of hydrogen-bond acceptors (Lipinski definition) is 5. The van der Waals surface area contributed by atoms with Crippen molar-refractivity contribution < 1.29 is 9.84 Å². The molecule has 1 aromatic carbocycles. The summed E-state index contributed by atoms with van der Waals surface area (Å²) >= 11 is 11.8. The Hall–Kier alpha value is -1.76. The monoisotopic (exact) mass is 357 g/mol. The first-order valence-corrected chi connectivity index (χ1v) is 7.86. The maximum atomic E-state index is 12.1. The van der Waals surface area contributed by atoms with Crippen molar-refractivity contribution in [3.63, 3.8) is 0 Å². The smallest absolute Gasteiger partial charge is 0.287 e. The predicted molar refractivity (Wildman–Crippen MR) is 90.6 cm³/mol. The molecule has 0 aliphatic rings. The van der Waals surface area contributed by atoms with Crippen LogP contribution in [0.5, 0.6) is 5.75 Å². The minimum Gasteiger partial charge on any atom is -0.492 e. The quantitative estimate of drug-likeness (QED) is 0.709. The highest BCUT2D eigenvalue weighted by molar-refractivity contribution is 6.32. The summed E-state index contributed by atoms with van der Waals surface area (Å²) in [5.74, 6) is 0.663. The summed E-state index contributed by atoms with van der Waals surface area (Å²) < 4.78 is 6.77. The zero-order chi connectivity index (χ0) is 16.7. The minimum absolute atomic E-state index is 0.0666. The average Bonchev–Trinajstić information content (AvgIpc) is 2.55. The number of nitrogens with zero attached hydrogens (tertiary/aromatic N) is 2. The van der Waals surface area contributed by atoms with E-state index in [-0.39, 0.29) is 30.3 Å². The maximum absolute atomic E-state index is 12.1. The number of nitrogens with one attached hydrogen (secondary N) is 1. The van der Waals surface area contributed by atoms with Crippen LogP contribution in [0.3, 0.4) is 0 Å². The normalized spacial score (nSPS) is 10.6. The molecule has 1 heterocycles. The molecule has 2 rings (SSSR count). The van der Waals surface area contributed by atoms with E-state index in [1.54, 1.807) is 24.3 Å². The third-order valence-corrected chi connectivity index (χ3v) is 3.64. The Balaban J connectivity index is 1.93. The number of halogens is 2. The second-order valence-corrected chi connectivity index (χ2v) is 5.52. The SMILES string of the molecule is O=c1c(Cl)c(NCCCO)cnn1CCOc1ccc(Cl)cc1. The lowest BCUT2D eigenvalue weighted by molar-refractivity contribution is 0.287. The molecule has 0 radical (unpaired) electrons. The largest absolute Gasteiger partial charge is 0.492 e. The van der Waals surface area contributed by atoms with Crippen molar-refractivity contribution in [2.45, 2.75) is 13.0 Å². The summed E-state index contributed by atoms with van der Waals surface area (Å²) in [6.07, 6.45) is 2.05. The standard InChI is InChI=1S/C15H17Cl2N3O3/c16-11-2-4-12(5-3-11)23-9-7-20-15(22)14(17)13(10-19-20)18-6-1-8-21/h2-5,10,18,21H,1,6-9H2. The highest BCUT2D eigenvalue weighted by Crippen LogP contribution is 2.16. The molecule has 0 spiro atoms. The Morgan fingerprint density at radius 2 is 2.00 bits per heavy atom. The average molecular weight is 358 g/mol. The molecular weight excluding hydrogens is 341 g/mol. The fourth-order valence-corrected chi connectivity index (χ4v) is 2.17. The minimum atomic E-state index is -0.389. The maximum Gasteiger partial charge on any atom is 0.287 e. The Labute approximate surface area is 143 Å². The summed E-state index contributed by atoms with van der Waals surface area (Å²) in [6, 6.07) is 6.95. The van der Waals surface area contributed by atoms with Gasteiger partial charge in [-0.2, -0.15) is 5.10 Å². The van der Waals surface area contributed by atoms with Gasteiger partial charge in [-0.05, 0) is 30.7 Å². The first-order valence-electron chi connectivity index (χ1n) is 7.10. The van der Waals surface area contributed by atoms with Crippen LogP contribution in [-0.2, 0) is 6.54 Å². The van der Waals surface area contributed by atoms with Crippen molar-refractivity contribution in [3.05, 3.63) is 50.9 Å². The first kappa shape index (κ1) is 17.6. The number of aliphatic hydroxyl groups excluding tert-OH is 1. The van der Waals surface area contributed by atoms with Crippen molar-refractivity contribution in [1.29, 1.82) is 0 Å². The lowest BCUT2D eigenvalue weighted by atomic mass is 10.3. The molecule has 0 bridgehead atoms. The summed E-state index contributed by atoms with van der Waals surface area (Å²) in [5, 5.41) is 16.5. The van der Waals surface area contributed by atoms with Crippen LogP contribution in [0.2, 0.25) is 10.0 Å². The molecule has 124 valence electrons. The molecule has 0 fully saturated rings. The molecule has 0 saturated carbocycles. The molecule has 0 atom stereocenters. The van der Waals surface area contributed by atoms with Crippen molar-refractivity contribution >= 4 is 28.9 Å². The number of aromatic nitrogens is 2. The molecular formula is C15H17Cl2N3O3. The van der Waals surface area contributed by atoms with E-state index in [1.165, 1.54) is 10.9 Å². The van der Waals surface area contributed by atoms with Gasteiger partial charge in [-0.3, -0.25) is 4.79 Å². The number of aliphatic hydroxyl groups is 1. The summed E-state index contributed by atoms with van der Waals surface area (Å²) in [4.78, 5) is 12.1. The summed E-state index contributed by atoms with van der Waals surface area (Å²) in [6.45, 7) is 1.14. The van der Waals surface area contributed by atoms with Crippen LogP contribution >= 0.6 is 23.2 Å². The van der Waals surface area contributed by atoms with Crippen LogP contribution in [0, 0.1) is 0 Å². The van der Waals surface area contributed by atoms with Gasteiger partial charge in [0.1, 0.15) is 17.4 Å². The van der Waals surface area contributed by atoms with E-state index in [9.17, 15) is 4.79 Å². The zero-order valence-corrected chi connectivity index (χ0v) is 13.8. The van der Waals surface area contributed by atoms with Gasteiger partial charge in [0.15, 0.2) is 0 Å². The highest BCUT2D eigenvalue weighted by Gasteiger charge is 2.09. The number of benzene rings is 1. The fraction of sp³-hybridized carbons (Fsp3) is 0.333. The topological polar surface area (TPSA) is 76.4 Å². The van der Waals surface area contributed by atoms with Gasteiger partial charge < -0.3 is 15.2 Å². The molecule has 1 aromatic heterocycles. The van der Waals surface area contributed by atoms with Gasteiger partial charge >= 0.3 is 0 Å². The third kappa shape index (κ3) is 5.13. The van der Waals surface area contributed by atoms with Gasteiger partial charge in [-0.25, -0.2) is 4.68 Å². The molecule has 0 saturated heterocycles. The van der Waals surface area contributed by atoms with E-state index in [2.05, 4.69) is 10.4 Å². The van der Waals surface area contributed by atoms with Gasteiger partial charge in [-0.15, -0.1) is 0 Å². The van der Waals surface area contributed by atoms with E-state index in [0.29, 0.717) is 29.4 Å². The van der Waals surface area contributed by atoms with Gasteiger partial charge in [-0.1, -0.05) is 23.2 Å². The number of hydrogen-bond donors (Lipinski definition) is 2. The molecule has 8 heteroatoms. The summed E-state index contributed by atoms with van der Waals surface area (Å²) in [5.41, 5.74) is 0.0698. The van der Waals surface area contributed by atoms with E-state index < -0.39 is 0 Å². The molecule has 0 aliphatic carbocycles. The van der Waals surface area contributed by atoms with Crippen molar-refractivity contribution in [3.8, 4) is 5.75 Å². The van der Waals surface area contributed by atoms with E-state index in [0.717, 1.165) is 0 Å². The van der Waals surface area contributed by atoms with Gasteiger partial charge in [0.2, 0.25) is 0 Å². The zero-order valence-electron chi connectivity index (χ0n) is 12.3. The Morgan fingerprint density at radius 1 is 1.26 bits per heavy atom. The van der Waals surface area contributed by atoms with E-state index in [4.69, 9.17) is 33.0 Å². The van der Waals surface area contributed by atoms with Crippen molar-refractivity contribution in [1.82, 2.24) is 9.78 Å². The number of rotatable bonds is 8. The molecule has 0 amide bonds. The van der Waals surface area contributed by atoms with Crippen LogP contribution in [0.15, 0.2) is 35.3 Å². The molecule has 0 unspecified atom stereocenters. The lowest BCUT2D eigenvalue weighted by Crippen LogP contribution is -2.27. The molecule has 0 aliphatic heterocycles. The van der Waals surface area contributed by atoms with Crippen molar-refractivity contribution in [2.75, 3.05) is 25.1 Å². The Morgan fingerprint density at radius 3 is 2.70 bits per heavy atom. The molecule has 2 aromatic rings. The predicted octanol–water partition coefficient (Wildman–Crippen LogP) is 2.42. The highest BCUT2D eigenvalue weighted by atomic mass is 35.5. The number of ether oxygens (including phenoxy) is 1. The second-order valence-electron chi connectivity index (χ2n) is 4.71. The van der Waals surface area contributed by atoms with Crippen LogP contribution < -0.4 is 15.6 Å². The van der Waals surface area contributed by atoms with Crippen LogP contribution in [0.1, 0.15) is 6.42 Å². The van der Waals surface area contributed by atoms with Gasteiger partial charge in [0.25, 0.3) is 5.56 Å². The first-order chi connectivity index (χ1) is 11.1. The van der Waals surface area contributed by atoms with Crippen LogP contribution in [-0.4, -0.2) is 34.6 Å². The summed E-state index contributed by atoms with van der Waals surface area (Å²) in [7, 11) is 0. The Kier molecular flexibility index (Phi) is 6.70.